The molecule has 3 fully saturated rings. The van der Waals surface area contributed by atoms with E-state index in [0.717, 1.165) is 11.1 Å². The van der Waals surface area contributed by atoms with Crippen LogP contribution in [0.1, 0.15) is 36.8 Å². The van der Waals surface area contributed by atoms with Gasteiger partial charge in [-0.05, 0) is 23.5 Å². The number of hydrogen-bond donors (Lipinski definition) is 0. The molecular weight excluding hydrogens is 630 g/mol. The SMILES string of the molecule is O=C(CN1CCN2CCN(CC(=O)OCc3ccccc3)CCN(CC1)CC(CCC(=O)ON1C(=O)CCC1=O)C2)OCc1ccccc1. The topological polar surface area (TPSA) is 129 Å². The van der Waals surface area contributed by atoms with Gasteiger partial charge in [-0.2, -0.15) is 0 Å². The van der Waals surface area contributed by atoms with Crippen molar-refractivity contribution in [2.24, 2.45) is 5.92 Å². The second-order valence-corrected chi connectivity index (χ2v) is 12.9. The normalized spacial score (nSPS) is 22.5. The summed E-state index contributed by atoms with van der Waals surface area (Å²) in [5, 5.41) is 0.603. The summed E-state index contributed by atoms with van der Waals surface area (Å²) in [6.45, 7) is 7.63. The number of imide groups is 1. The molecule has 13 nitrogen and oxygen atoms in total. The first kappa shape index (κ1) is 36.1. The maximum absolute atomic E-state index is 12.8. The molecule has 3 heterocycles. The van der Waals surface area contributed by atoms with Crippen molar-refractivity contribution in [3.63, 3.8) is 0 Å². The van der Waals surface area contributed by atoms with Crippen LogP contribution in [0, 0.1) is 5.92 Å². The van der Waals surface area contributed by atoms with Gasteiger partial charge >= 0.3 is 17.9 Å². The Labute approximate surface area is 287 Å². The number of ether oxygens (including phenoxy) is 2. The molecule has 0 aliphatic carbocycles. The molecule has 264 valence electrons. The molecule has 0 N–H and O–H groups in total. The van der Waals surface area contributed by atoms with Gasteiger partial charge < -0.3 is 24.1 Å². The predicted molar refractivity (Wildman–Crippen MR) is 178 cm³/mol. The van der Waals surface area contributed by atoms with Crippen LogP contribution in [0.4, 0.5) is 0 Å². The van der Waals surface area contributed by atoms with Crippen molar-refractivity contribution in [1.82, 2.24) is 24.7 Å². The van der Waals surface area contributed by atoms with Gasteiger partial charge in [0.25, 0.3) is 11.8 Å². The summed E-state index contributed by atoms with van der Waals surface area (Å²) in [4.78, 5) is 76.2. The number of fused-ring (bicyclic) bond motifs is 4. The largest absolute Gasteiger partial charge is 0.460 e. The van der Waals surface area contributed by atoms with Gasteiger partial charge in [-0.1, -0.05) is 60.7 Å². The van der Waals surface area contributed by atoms with Crippen LogP contribution in [0.15, 0.2) is 60.7 Å². The molecule has 0 aromatic heterocycles. The fourth-order valence-corrected chi connectivity index (χ4v) is 6.29. The zero-order chi connectivity index (χ0) is 34.4. The van der Waals surface area contributed by atoms with Crippen LogP contribution < -0.4 is 0 Å². The molecule has 0 atom stereocenters. The van der Waals surface area contributed by atoms with Crippen molar-refractivity contribution in [2.45, 2.75) is 38.9 Å². The zero-order valence-corrected chi connectivity index (χ0v) is 28.1. The Morgan fingerprint density at radius 1 is 0.592 bits per heavy atom. The molecule has 2 aromatic rings. The van der Waals surface area contributed by atoms with Crippen molar-refractivity contribution in [1.29, 1.82) is 0 Å². The van der Waals surface area contributed by atoms with E-state index in [-0.39, 0.29) is 63.4 Å². The summed E-state index contributed by atoms with van der Waals surface area (Å²) in [5.74, 6) is -1.97. The Hall–Kier alpha value is -4.17. The average molecular weight is 678 g/mol. The summed E-state index contributed by atoms with van der Waals surface area (Å²) in [6, 6.07) is 19.2. The van der Waals surface area contributed by atoms with E-state index in [1.807, 2.05) is 60.7 Å². The van der Waals surface area contributed by atoms with E-state index in [4.69, 9.17) is 14.3 Å². The van der Waals surface area contributed by atoms with Gasteiger partial charge in [0.1, 0.15) is 13.2 Å². The quantitative estimate of drug-likeness (QED) is 0.240. The molecule has 0 saturated carbocycles. The number of amides is 2. The fraction of sp³-hybridized carbons (Fsp3) is 0.528. The summed E-state index contributed by atoms with van der Waals surface area (Å²) in [7, 11) is 0. The third kappa shape index (κ3) is 12.0. The Morgan fingerprint density at radius 3 is 1.45 bits per heavy atom. The van der Waals surface area contributed by atoms with Crippen LogP contribution in [0.5, 0.6) is 0 Å². The second kappa shape index (κ2) is 18.6. The maximum Gasteiger partial charge on any atom is 0.333 e. The average Bonchev–Trinajstić information content (AvgIpc) is 3.42. The molecule has 5 rings (SSSR count). The third-order valence-corrected chi connectivity index (χ3v) is 9.11. The monoisotopic (exact) mass is 677 g/mol. The lowest BCUT2D eigenvalue weighted by atomic mass is 10.0. The van der Waals surface area contributed by atoms with Crippen molar-refractivity contribution in [3.8, 4) is 0 Å². The van der Waals surface area contributed by atoms with E-state index >= 15 is 0 Å². The van der Waals surface area contributed by atoms with Gasteiger partial charge in [-0.3, -0.25) is 29.0 Å². The standard InChI is InChI=1S/C36H47N5O8/c42-32-12-13-33(43)41(32)49-34(44)14-11-31-23-37-15-19-39(25-35(45)47-27-29-7-3-1-4-8-29)20-16-38(24-31)18-22-40(21-17-37)26-36(46)48-28-30-9-5-2-6-10-30/h1-10,31H,11-28H2. The van der Waals surface area contributed by atoms with Crippen molar-refractivity contribution in [2.75, 3.05) is 78.5 Å². The van der Waals surface area contributed by atoms with Crippen LogP contribution in [0.3, 0.4) is 0 Å². The Morgan fingerprint density at radius 2 is 1.02 bits per heavy atom. The van der Waals surface area contributed by atoms with Gasteiger partial charge in [0.15, 0.2) is 0 Å². The van der Waals surface area contributed by atoms with E-state index in [0.29, 0.717) is 76.9 Å². The first-order chi connectivity index (χ1) is 23.8. The van der Waals surface area contributed by atoms with Gasteiger partial charge in [-0.25, -0.2) is 4.79 Å². The Balaban J connectivity index is 1.19. The second-order valence-electron chi connectivity index (χ2n) is 12.9. The molecule has 3 aliphatic rings. The number of nitrogens with zero attached hydrogens (tertiary/aromatic N) is 5. The van der Waals surface area contributed by atoms with Crippen LogP contribution in [-0.2, 0) is 51.5 Å². The van der Waals surface area contributed by atoms with Crippen molar-refractivity contribution >= 4 is 29.7 Å². The molecule has 49 heavy (non-hydrogen) atoms. The minimum absolute atomic E-state index is 0.0577. The minimum Gasteiger partial charge on any atom is -0.460 e. The van der Waals surface area contributed by atoms with E-state index in [1.54, 1.807) is 0 Å². The van der Waals surface area contributed by atoms with Crippen molar-refractivity contribution < 1.29 is 38.3 Å². The number of hydrogen-bond acceptors (Lipinski definition) is 12. The molecular formula is C36H47N5O8. The predicted octanol–water partition coefficient (Wildman–Crippen LogP) is 1.71. The Kier molecular flexibility index (Phi) is 13.7. The van der Waals surface area contributed by atoms with E-state index in [1.165, 1.54) is 0 Å². The zero-order valence-electron chi connectivity index (χ0n) is 28.1. The summed E-state index contributed by atoms with van der Waals surface area (Å²) in [5.41, 5.74) is 1.89. The van der Waals surface area contributed by atoms with Gasteiger partial charge in [0, 0.05) is 84.7 Å². The molecule has 3 saturated heterocycles. The van der Waals surface area contributed by atoms with Gasteiger partial charge in [0.2, 0.25) is 0 Å². The van der Waals surface area contributed by atoms with Crippen LogP contribution >= 0.6 is 0 Å². The lowest BCUT2D eigenvalue weighted by Crippen LogP contribution is -2.52. The molecule has 0 radical (unpaired) electrons. The molecule has 2 amide bonds. The van der Waals surface area contributed by atoms with Crippen molar-refractivity contribution in [3.05, 3.63) is 71.8 Å². The number of hydroxylamine groups is 2. The first-order valence-electron chi connectivity index (χ1n) is 17.2. The molecule has 0 unspecified atom stereocenters. The summed E-state index contributed by atoms with van der Waals surface area (Å²) in [6.07, 6.45) is 0.736. The highest BCUT2D eigenvalue weighted by molar-refractivity contribution is 6.01. The molecule has 0 spiro atoms. The first-order valence-corrected chi connectivity index (χ1v) is 17.2. The van der Waals surface area contributed by atoms with E-state index < -0.39 is 17.8 Å². The number of rotatable bonds is 12. The highest BCUT2D eigenvalue weighted by Crippen LogP contribution is 2.18. The molecule has 13 heteroatoms. The molecule has 3 aliphatic heterocycles. The third-order valence-electron chi connectivity index (χ3n) is 9.11. The number of carbonyl (C=O) groups excluding carboxylic acids is 5. The summed E-state index contributed by atoms with van der Waals surface area (Å²) >= 11 is 0. The minimum atomic E-state index is -0.591. The highest BCUT2D eigenvalue weighted by atomic mass is 16.7. The van der Waals surface area contributed by atoms with E-state index in [2.05, 4.69) is 19.6 Å². The summed E-state index contributed by atoms with van der Waals surface area (Å²) < 4.78 is 11.2. The van der Waals surface area contributed by atoms with Crippen LogP contribution in [-0.4, -0.2) is 133 Å². The smallest absolute Gasteiger partial charge is 0.333 e. The van der Waals surface area contributed by atoms with E-state index in [9.17, 15) is 24.0 Å². The fourth-order valence-electron chi connectivity index (χ4n) is 6.29. The number of carbonyl (C=O) groups is 5. The Bertz CT molecular complexity index is 1300. The highest BCUT2D eigenvalue weighted by Gasteiger charge is 2.33. The number of esters is 2. The molecule has 2 aromatic carbocycles. The van der Waals surface area contributed by atoms with Gasteiger partial charge in [-0.15, -0.1) is 5.06 Å². The van der Waals surface area contributed by atoms with Gasteiger partial charge in [0.05, 0.1) is 13.1 Å². The molecule has 2 bridgehead atoms. The lowest BCUT2D eigenvalue weighted by Gasteiger charge is -2.39. The number of benzene rings is 2. The maximum atomic E-state index is 12.8. The van der Waals surface area contributed by atoms with Crippen LogP contribution in [0.2, 0.25) is 0 Å². The lowest BCUT2D eigenvalue weighted by molar-refractivity contribution is -0.197. The van der Waals surface area contributed by atoms with Crippen LogP contribution in [0.25, 0.3) is 0 Å².